The van der Waals surface area contributed by atoms with E-state index in [1.54, 1.807) is 0 Å². The van der Waals surface area contributed by atoms with Crippen LogP contribution < -0.4 is 5.32 Å². The highest BCUT2D eigenvalue weighted by atomic mass is 79.9. The van der Waals surface area contributed by atoms with Crippen molar-refractivity contribution in [2.24, 2.45) is 0 Å². The molecular formula is C10H13BrN2S. The van der Waals surface area contributed by atoms with Crippen molar-refractivity contribution in [1.29, 1.82) is 0 Å². The van der Waals surface area contributed by atoms with E-state index in [1.807, 2.05) is 24.8 Å². The molecule has 2 nitrogen and oxygen atoms in total. The van der Waals surface area contributed by atoms with Gasteiger partial charge in [-0.2, -0.15) is 11.8 Å². The standard InChI is InChI=1S/C10H13BrN2S/c1-7-9(2-3-10(11)12-7)13-8-4-5-14-6-8/h2-3,8,13H,4-6H2,1H3. The Morgan fingerprint density at radius 3 is 3.07 bits per heavy atom. The first-order chi connectivity index (χ1) is 6.75. The number of aryl methyl sites for hydroxylation is 1. The van der Waals surface area contributed by atoms with Crippen LogP contribution in [0.2, 0.25) is 0 Å². The van der Waals surface area contributed by atoms with E-state index in [1.165, 1.54) is 23.6 Å². The summed E-state index contributed by atoms with van der Waals surface area (Å²) in [5.41, 5.74) is 2.23. The predicted molar refractivity (Wildman–Crippen MR) is 66.0 cm³/mol. The van der Waals surface area contributed by atoms with Gasteiger partial charge < -0.3 is 5.32 Å². The molecule has 0 aliphatic carbocycles. The number of aromatic nitrogens is 1. The average molecular weight is 273 g/mol. The molecule has 1 aliphatic rings. The van der Waals surface area contributed by atoms with Gasteiger partial charge in [-0.15, -0.1) is 0 Å². The fourth-order valence-corrected chi connectivity index (χ4v) is 3.10. The van der Waals surface area contributed by atoms with E-state index in [2.05, 4.69) is 32.3 Å². The maximum Gasteiger partial charge on any atom is 0.106 e. The van der Waals surface area contributed by atoms with E-state index in [-0.39, 0.29) is 0 Å². The van der Waals surface area contributed by atoms with Crippen LogP contribution in [0.15, 0.2) is 16.7 Å². The van der Waals surface area contributed by atoms with E-state index in [0.29, 0.717) is 6.04 Å². The van der Waals surface area contributed by atoms with E-state index in [0.717, 1.165) is 10.3 Å². The van der Waals surface area contributed by atoms with Gasteiger partial charge in [-0.25, -0.2) is 4.98 Å². The normalized spacial score (nSPS) is 21.1. The lowest BCUT2D eigenvalue weighted by molar-refractivity contribution is 0.810. The molecule has 1 fully saturated rings. The van der Waals surface area contributed by atoms with Crippen LogP contribution in [0.1, 0.15) is 12.1 Å². The molecule has 14 heavy (non-hydrogen) atoms. The molecule has 0 radical (unpaired) electrons. The Morgan fingerprint density at radius 2 is 2.43 bits per heavy atom. The van der Waals surface area contributed by atoms with Crippen LogP contribution in [0.3, 0.4) is 0 Å². The molecule has 1 N–H and O–H groups in total. The topological polar surface area (TPSA) is 24.9 Å². The molecule has 2 rings (SSSR count). The number of rotatable bonds is 2. The molecule has 0 saturated carbocycles. The van der Waals surface area contributed by atoms with Crippen LogP contribution in [-0.2, 0) is 0 Å². The van der Waals surface area contributed by atoms with E-state index in [4.69, 9.17) is 0 Å². The zero-order chi connectivity index (χ0) is 9.97. The summed E-state index contributed by atoms with van der Waals surface area (Å²) in [5, 5.41) is 3.53. The molecule has 0 aromatic carbocycles. The maximum absolute atomic E-state index is 4.36. The predicted octanol–water partition coefficient (Wildman–Crippen LogP) is 3.07. The minimum Gasteiger partial charge on any atom is -0.380 e. The first-order valence-corrected chi connectivity index (χ1v) is 6.68. The Labute approximate surface area is 97.0 Å². The van der Waals surface area contributed by atoms with Gasteiger partial charge in [0.25, 0.3) is 0 Å². The zero-order valence-corrected chi connectivity index (χ0v) is 10.5. The summed E-state index contributed by atoms with van der Waals surface area (Å²) in [7, 11) is 0. The molecule has 1 atom stereocenters. The number of nitrogens with one attached hydrogen (secondary N) is 1. The van der Waals surface area contributed by atoms with E-state index in [9.17, 15) is 0 Å². The fraction of sp³-hybridized carbons (Fsp3) is 0.500. The second-order valence-corrected chi connectivity index (χ2v) is 5.43. The monoisotopic (exact) mass is 272 g/mol. The lowest BCUT2D eigenvalue weighted by Gasteiger charge is -2.14. The molecule has 2 heterocycles. The zero-order valence-electron chi connectivity index (χ0n) is 8.09. The van der Waals surface area contributed by atoms with Crippen molar-refractivity contribution in [1.82, 2.24) is 4.98 Å². The van der Waals surface area contributed by atoms with Gasteiger partial charge in [-0.3, -0.25) is 0 Å². The molecule has 0 amide bonds. The quantitative estimate of drug-likeness (QED) is 0.838. The number of anilines is 1. The molecule has 1 aromatic rings. The smallest absolute Gasteiger partial charge is 0.106 e. The van der Waals surface area contributed by atoms with Gasteiger partial charge in [0.2, 0.25) is 0 Å². The van der Waals surface area contributed by atoms with Crippen molar-refractivity contribution in [3.63, 3.8) is 0 Å². The van der Waals surface area contributed by atoms with Gasteiger partial charge in [-0.05, 0) is 47.2 Å². The Balaban J connectivity index is 2.08. The molecule has 1 saturated heterocycles. The number of nitrogens with zero attached hydrogens (tertiary/aromatic N) is 1. The van der Waals surface area contributed by atoms with Gasteiger partial charge in [0.15, 0.2) is 0 Å². The third kappa shape index (κ3) is 2.42. The first kappa shape index (κ1) is 10.3. The van der Waals surface area contributed by atoms with Crippen LogP contribution in [0.25, 0.3) is 0 Å². The summed E-state index contributed by atoms with van der Waals surface area (Å²) < 4.78 is 0.904. The Hall–Kier alpha value is -0.220. The van der Waals surface area contributed by atoms with Crippen molar-refractivity contribution < 1.29 is 0 Å². The highest BCUT2D eigenvalue weighted by molar-refractivity contribution is 9.10. The fourth-order valence-electron chi connectivity index (χ4n) is 1.55. The maximum atomic E-state index is 4.36. The van der Waals surface area contributed by atoms with Gasteiger partial charge in [0.05, 0.1) is 11.4 Å². The summed E-state index contributed by atoms with van der Waals surface area (Å²) in [4.78, 5) is 4.36. The molecular weight excluding hydrogens is 260 g/mol. The van der Waals surface area contributed by atoms with E-state index < -0.39 is 0 Å². The van der Waals surface area contributed by atoms with Crippen molar-refractivity contribution in [2.45, 2.75) is 19.4 Å². The van der Waals surface area contributed by atoms with Crippen LogP contribution in [-0.4, -0.2) is 22.5 Å². The van der Waals surface area contributed by atoms with Gasteiger partial charge in [-0.1, -0.05) is 0 Å². The number of halogens is 1. The Bertz CT molecular complexity index is 324. The van der Waals surface area contributed by atoms with Crippen molar-refractivity contribution in [3.8, 4) is 0 Å². The van der Waals surface area contributed by atoms with Crippen LogP contribution in [0.5, 0.6) is 0 Å². The average Bonchev–Trinajstić information content (AvgIpc) is 2.62. The molecule has 1 unspecified atom stereocenters. The molecule has 76 valence electrons. The van der Waals surface area contributed by atoms with Gasteiger partial charge >= 0.3 is 0 Å². The second kappa shape index (κ2) is 4.53. The highest BCUT2D eigenvalue weighted by Crippen LogP contribution is 2.23. The summed E-state index contributed by atoms with van der Waals surface area (Å²) in [6, 6.07) is 4.70. The van der Waals surface area contributed by atoms with Crippen molar-refractivity contribution >= 4 is 33.4 Å². The van der Waals surface area contributed by atoms with Crippen LogP contribution >= 0.6 is 27.7 Å². The molecule has 1 aromatic heterocycles. The van der Waals surface area contributed by atoms with Crippen LogP contribution in [0, 0.1) is 6.92 Å². The van der Waals surface area contributed by atoms with Crippen molar-refractivity contribution in [3.05, 3.63) is 22.4 Å². The van der Waals surface area contributed by atoms with Crippen molar-refractivity contribution in [2.75, 3.05) is 16.8 Å². The third-order valence-corrected chi connectivity index (χ3v) is 3.95. The first-order valence-electron chi connectivity index (χ1n) is 4.73. The molecule has 1 aliphatic heterocycles. The summed E-state index contributed by atoms with van der Waals surface area (Å²) in [6.07, 6.45) is 1.26. The van der Waals surface area contributed by atoms with Gasteiger partial charge in [0.1, 0.15) is 4.60 Å². The Morgan fingerprint density at radius 1 is 1.57 bits per heavy atom. The van der Waals surface area contributed by atoms with E-state index >= 15 is 0 Å². The lowest BCUT2D eigenvalue weighted by Crippen LogP contribution is -2.18. The summed E-state index contributed by atoms with van der Waals surface area (Å²) in [6.45, 7) is 2.04. The minimum atomic E-state index is 0.627. The number of hydrogen-bond acceptors (Lipinski definition) is 3. The SMILES string of the molecule is Cc1nc(Br)ccc1NC1CCSC1. The van der Waals surface area contributed by atoms with Crippen LogP contribution in [0.4, 0.5) is 5.69 Å². The molecule has 0 bridgehead atoms. The summed E-state index contributed by atoms with van der Waals surface area (Å²) >= 11 is 5.38. The minimum absolute atomic E-state index is 0.627. The highest BCUT2D eigenvalue weighted by Gasteiger charge is 2.15. The number of pyridine rings is 1. The lowest BCUT2D eigenvalue weighted by atomic mass is 10.2. The second-order valence-electron chi connectivity index (χ2n) is 3.47. The third-order valence-electron chi connectivity index (χ3n) is 2.34. The van der Waals surface area contributed by atoms with Gasteiger partial charge in [0, 0.05) is 11.8 Å². The number of thioether (sulfide) groups is 1. The summed E-state index contributed by atoms with van der Waals surface area (Å²) in [5.74, 6) is 2.50. The number of hydrogen-bond donors (Lipinski definition) is 1. The molecule has 0 spiro atoms. The Kier molecular flexibility index (Phi) is 3.34. The largest absolute Gasteiger partial charge is 0.380 e. The molecule has 4 heteroatoms.